The third-order valence-electron chi connectivity index (χ3n) is 3.51. The Bertz CT molecular complexity index is 793. The summed E-state index contributed by atoms with van der Waals surface area (Å²) in [5, 5.41) is 0.763. The molecule has 0 aliphatic heterocycles. The van der Waals surface area contributed by atoms with Gasteiger partial charge in [0.15, 0.2) is 11.6 Å². The number of anilines is 1. The van der Waals surface area contributed by atoms with E-state index in [0.717, 1.165) is 11.2 Å². The normalized spacial score (nSPS) is 10.7. The number of benzene rings is 2. The van der Waals surface area contributed by atoms with Crippen molar-refractivity contribution in [2.45, 2.75) is 6.54 Å². The molecule has 112 valence electrons. The summed E-state index contributed by atoms with van der Waals surface area (Å²) in [5.74, 6) is 0.508. The lowest BCUT2D eigenvalue weighted by atomic mass is 10.2. The van der Waals surface area contributed by atoms with Crippen LogP contribution in [0, 0.1) is 5.82 Å². The van der Waals surface area contributed by atoms with Crippen LogP contribution in [0.15, 0.2) is 48.8 Å². The minimum absolute atomic E-state index is 0.191. The molecule has 0 atom stereocenters. The highest BCUT2D eigenvalue weighted by Crippen LogP contribution is 2.29. The van der Waals surface area contributed by atoms with E-state index in [-0.39, 0.29) is 5.75 Å². The molecule has 1 heterocycles. The maximum atomic E-state index is 13.8. The zero-order valence-electron chi connectivity index (χ0n) is 12.5. The second kappa shape index (κ2) is 5.97. The number of hydrogen-bond donors (Lipinski definition) is 0. The number of hydrogen-bond acceptors (Lipinski definition) is 4. The standard InChI is InChI=1S/C17H16FN3O/c1-21(10-12-6-4-3-5-7-12)17-13-8-16(22-2)14(18)9-15(13)19-11-20-17/h3-9,11H,10H2,1-2H3. The van der Waals surface area contributed by atoms with Crippen molar-refractivity contribution in [2.24, 2.45) is 0 Å². The van der Waals surface area contributed by atoms with Gasteiger partial charge in [0.05, 0.1) is 12.6 Å². The first-order chi connectivity index (χ1) is 10.7. The first kappa shape index (κ1) is 14.3. The van der Waals surface area contributed by atoms with Crippen molar-refractivity contribution >= 4 is 16.7 Å². The van der Waals surface area contributed by atoms with Crippen LogP contribution < -0.4 is 9.64 Å². The topological polar surface area (TPSA) is 38.2 Å². The molecule has 0 spiro atoms. The van der Waals surface area contributed by atoms with Gasteiger partial charge < -0.3 is 9.64 Å². The van der Waals surface area contributed by atoms with Gasteiger partial charge in [-0.3, -0.25) is 0 Å². The minimum Gasteiger partial charge on any atom is -0.494 e. The summed E-state index contributed by atoms with van der Waals surface area (Å²) >= 11 is 0. The van der Waals surface area contributed by atoms with Gasteiger partial charge in [-0.25, -0.2) is 14.4 Å². The fourth-order valence-electron chi connectivity index (χ4n) is 2.44. The Labute approximate surface area is 128 Å². The molecule has 0 fully saturated rings. The largest absolute Gasteiger partial charge is 0.494 e. The van der Waals surface area contributed by atoms with E-state index in [0.29, 0.717) is 12.1 Å². The van der Waals surface area contributed by atoms with Gasteiger partial charge in [0.1, 0.15) is 12.1 Å². The van der Waals surface area contributed by atoms with Gasteiger partial charge in [-0.2, -0.15) is 0 Å². The molecule has 3 rings (SSSR count). The van der Waals surface area contributed by atoms with E-state index in [2.05, 4.69) is 22.1 Å². The average Bonchev–Trinajstić information content (AvgIpc) is 2.54. The van der Waals surface area contributed by atoms with Crippen molar-refractivity contribution in [1.29, 1.82) is 0 Å². The van der Waals surface area contributed by atoms with Gasteiger partial charge in [-0.1, -0.05) is 30.3 Å². The zero-order chi connectivity index (χ0) is 15.5. The maximum absolute atomic E-state index is 13.8. The number of rotatable bonds is 4. The lowest BCUT2D eigenvalue weighted by Crippen LogP contribution is -2.18. The van der Waals surface area contributed by atoms with Crippen LogP contribution in [0.1, 0.15) is 5.56 Å². The van der Waals surface area contributed by atoms with Crippen molar-refractivity contribution in [2.75, 3.05) is 19.1 Å². The van der Waals surface area contributed by atoms with Crippen LogP contribution in [0.3, 0.4) is 0 Å². The van der Waals surface area contributed by atoms with E-state index in [9.17, 15) is 4.39 Å². The van der Waals surface area contributed by atoms with Crippen molar-refractivity contribution < 1.29 is 9.13 Å². The fraction of sp³-hybridized carbons (Fsp3) is 0.176. The van der Waals surface area contributed by atoms with Crippen LogP contribution in [0.2, 0.25) is 0 Å². The molecule has 0 aliphatic carbocycles. The highest BCUT2D eigenvalue weighted by Gasteiger charge is 2.13. The fourth-order valence-corrected chi connectivity index (χ4v) is 2.44. The van der Waals surface area contributed by atoms with Crippen LogP contribution in [-0.2, 0) is 6.54 Å². The number of fused-ring (bicyclic) bond motifs is 1. The van der Waals surface area contributed by atoms with Gasteiger partial charge in [0, 0.05) is 25.0 Å². The predicted molar refractivity (Wildman–Crippen MR) is 84.6 cm³/mol. The Kier molecular flexibility index (Phi) is 3.87. The smallest absolute Gasteiger partial charge is 0.167 e. The van der Waals surface area contributed by atoms with Gasteiger partial charge in [-0.05, 0) is 11.6 Å². The Balaban J connectivity index is 2.02. The van der Waals surface area contributed by atoms with Crippen molar-refractivity contribution in [3.05, 3.63) is 60.2 Å². The first-order valence-electron chi connectivity index (χ1n) is 6.92. The maximum Gasteiger partial charge on any atom is 0.167 e. The Hall–Kier alpha value is -2.69. The third kappa shape index (κ3) is 2.70. The van der Waals surface area contributed by atoms with E-state index in [1.807, 2.05) is 30.1 Å². The summed E-state index contributed by atoms with van der Waals surface area (Å²) in [4.78, 5) is 10.5. The molecule has 5 heteroatoms. The van der Waals surface area contributed by atoms with E-state index in [4.69, 9.17) is 4.74 Å². The molecule has 3 aromatic rings. The highest BCUT2D eigenvalue weighted by atomic mass is 19.1. The second-order valence-corrected chi connectivity index (χ2v) is 5.04. The van der Waals surface area contributed by atoms with E-state index >= 15 is 0 Å². The molecule has 2 aromatic carbocycles. The molecule has 0 bridgehead atoms. The molecular weight excluding hydrogens is 281 g/mol. The minimum atomic E-state index is -0.426. The van der Waals surface area contributed by atoms with Crippen LogP contribution in [0.4, 0.5) is 10.2 Å². The summed E-state index contributed by atoms with van der Waals surface area (Å²) in [7, 11) is 3.39. The summed E-state index contributed by atoms with van der Waals surface area (Å²) in [6, 6.07) is 13.1. The molecule has 0 aliphatic rings. The molecule has 0 saturated heterocycles. The SMILES string of the molecule is COc1cc2c(N(C)Cc3ccccc3)ncnc2cc1F. The summed E-state index contributed by atoms with van der Waals surface area (Å²) < 4.78 is 18.9. The predicted octanol–water partition coefficient (Wildman–Crippen LogP) is 3.41. The van der Waals surface area contributed by atoms with Crippen molar-refractivity contribution in [3.63, 3.8) is 0 Å². The molecule has 0 N–H and O–H groups in total. The molecule has 4 nitrogen and oxygen atoms in total. The lowest BCUT2D eigenvalue weighted by molar-refractivity contribution is 0.387. The Morgan fingerprint density at radius 3 is 2.64 bits per heavy atom. The van der Waals surface area contributed by atoms with E-state index in [1.54, 1.807) is 6.07 Å². The van der Waals surface area contributed by atoms with Gasteiger partial charge >= 0.3 is 0 Å². The van der Waals surface area contributed by atoms with Crippen LogP contribution in [-0.4, -0.2) is 24.1 Å². The monoisotopic (exact) mass is 297 g/mol. The number of aromatic nitrogens is 2. The molecule has 0 amide bonds. The Morgan fingerprint density at radius 2 is 1.91 bits per heavy atom. The van der Waals surface area contributed by atoms with E-state index < -0.39 is 5.82 Å². The van der Waals surface area contributed by atoms with Crippen molar-refractivity contribution in [1.82, 2.24) is 9.97 Å². The first-order valence-corrected chi connectivity index (χ1v) is 6.92. The zero-order valence-corrected chi connectivity index (χ0v) is 12.5. The van der Waals surface area contributed by atoms with Crippen LogP contribution in [0.5, 0.6) is 5.75 Å². The average molecular weight is 297 g/mol. The molecule has 0 radical (unpaired) electrons. The Morgan fingerprint density at radius 1 is 1.14 bits per heavy atom. The quantitative estimate of drug-likeness (QED) is 0.739. The van der Waals surface area contributed by atoms with Gasteiger partial charge in [0.25, 0.3) is 0 Å². The molecular formula is C17H16FN3O. The second-order valence-electron chi connectivity index (χ2n) is 5.04. The molecule has 1 aromatic heterocycles. The molecule has 22 heavy (non-hydrogen) atoms. The third-order valence-corrected chi connectivity index (χ3v) is 3.51. The highest BCUT2D eigenvalue weighted by molar-refractivity contribution is 5.90. The summed E-state index contributed by atoms with van der Waals surface area (Å²) in [6.07, 6.45) is 1.45. The molecule has 0 unspecified atom stereocenters. The van der Waals surface area contributed by atoms with Gasteiger partial charge in [-0.15, -0.1) is 0 Å². The van der Waals surface area contributed by atoms with Gasteiger partial charge in [0.2, 0.25) is 0 Å². The van der Waals surface area contributed by atoms with Crippen LogP contribution >= 0.6 is 0 Å². The summed E-state index contributed by atoms with van der Waals surface area (Å²) in [5.41, 5.74) is 1.73. The number of nitrogens with zero attached hydrogens (tertiary/aromatic N) is 3. The number of ether oxygens (including phenoxy) is 1. The van der Waals surface area contributed by atoms with Crippen LogP contribution in [0.25, 0.3) is 10.9 Å². The van der Waals surface area contributed by atoms with Crippen molar-refractivity contribution in [3.8, 4) is 5.75 Å². The number of halogens is 1. The molecule has 0 saturated carbocycles. The number of methoxy groups -OCH3 is 1. The lowest BCUT2D eigenvalue weighted by Gasteiger charge is -2.20. The summed E-state index contributed by atoms with van der Waals surface area (Å²) in [6.45, 7) is 0.701. The van der Waals surface area contributed by atoms with E-state index in [1.165, 1.54) is 25.1 Å².